The largest absolute Gasteiger partial charge is 0.573 e. The van der Waals surface area contributed by atoms with Crippen LogP contribution in [0.5, 0.6) is 5.75 Å². The van der Waals surface area contributed by atoms with Gasteiger partial charge in [0.2, 0.25) is 0 Å². The van der Waals surface area contributed by atoms with Crippen LogP contribution in [0.25, 0.3) is 10.9 Å². The van der Waals surface area contributed by atoms with Crippen molar-refractivity contribution in [1.82, 2.24) is 4.98 Å². The van der Waals surface area contributed by atoms with E-state index in [1.807, 2.05) is 0 Å². The Morgan fingerprint density at radius 3 is 2.79 bits per heavy atom. The van der Waals surface area contributed by atoms with Crippen LogP contribution in [0.15, 0.2) is 24.4 Å². The Bertz CT molecular complexity index is 446. The highest BCUT2D eigenvalue weighted by atomic mass is 19.4. The summed E-state index contributed by atoms with van der Waals surface area (Å²) in [6, 6.07) is 6.78. The highest BCUT2D eigenvalue weighted by molar-refractivity contribution is 5.80. The minimum absolute atomic E-state index is 0.235. The monoisotopic (exact) mass is 200 g/mol. The fourth-order valence-electron chi connectivity index (χ4n) is 1.16. The van der Waals surface area contributed by atoms with E-state index in [4.69, 9.17) is 0 Å². The number of H-pyrrole nitrogens is 1. The molecule has 0 saturated heterocycles. The van der Waals surface area contributed by atoms with E-state index >= 15 is 0 Å². The molecule has 0 aliphatic rings. The number of aromatic nitrogens is 1. The zero-order valence-corrected chi connectivity index (χ0v) is 6.85. The van der Waals surface area contributed by atoms with Gasteiger partial charge in [0.15, 0.2) is 0 Å². The quantitative estimate of drug-likeness (QED) is 0.752. The second-order valence-electron chi connectivity index (χ2n) is 2.69. The van der Waals surface area contributed by atoms with Gasteiger partial charge in [-0.1, -0.05) is 0 Å². The predicted molar refractivity (Wildman–Crippen MR) is 43.8 cm³/mol. The topological polar surface area (TPSA) is 25.0 Å². The summed E-state index contributed by atoms with van der Waals surface area (Å²) in [6.07, 6.45) is -3.12. The summed E-state index contributed by atoms with van der Waals surface area (Å²) in [7, 11) is 0. The second kappa shape index (κ2) is 2.94. The Kier molecular flexibility index (Phi) is 1.87. The van der Waals surface area contributed by atoms with E-state index in [9.17, 15) is 13.2 Å². The van der Waals surface area contributed by atoms with Gasteiger partial charge >= 0.3 is 6.36 Å². The normalized spacial score (nSPS) is 11.9. The van der Waals surface area contributed by atoms with Crippen molar-refractivity contribution in [2.45, 2.75) is 6.36 Å². The molecule has 0 aliphatic heterocycles. The standard InChI is InChI=1S/C9H5F3NO/c10-9(11,12)14-7-1-2-8-6(5-7)3-4-13-8/h1-2,4-5,13H. The fraction of sp³-hybridized carbons (Fsp3) is 0.111. The Labute approximate surface area is 77.3 Å². The molecule has 0 saturated carbocycles. The summed E-state index contributed by atoms with van der Waals surface area (Å²) in [6.45, 7) is 0. The average molecular weight is 200 g/mol. The van der Waals surface area contributed by atoms with Gasteiger partial charge < -0.3 is 9.72 Å². The van der Waals surface area contributed by atoms with Crippen molar-refractivity contribution in [2.75, 3.05) is 0 Å². The van der Waals surface area contributed by atoms with Gasteiger partial charge in [0, 0.05) is 23.2 Å². The summed E-state index contributed by atoms with van der Waals surface area (Å²) < 4.78 is 39.2. The van der Waals surface area contributed by atoms with Crippen LogP contribution >= 0.6 is 0 Å². The minimum atomic E-state index is -4.65. The van der Waals surface area contributed by atoms with Crippen LogP contribution in [0, 0.1) is 6.07 Å². The number of ether oxygens (including phenoxy) is 1. The van der Waals surface area contributed by atoms with Crippen molar-refractivity contribution in [3.8, 4) is 5.75 Å². The lowest BCUT2D eigenvalue weighted by Gasteiger charge is -2.08. The third kappa shape index (κ3) is 1.81. The molecule has 0 spiro atoms. The zero-order chi connectivity index (χ0) is 10.2. The van der Waals surface area contributed by atoms with Crippen molar-refractivity contribution in [3.63, 3.8) is 0 Å². The Balaban J connectivity index is 2.35. The highest BCUT2D eigenvalue weighted by Gasteiger charge is 2.31. The molecular weight excluding hydrogens is 195 g/mol. The van der Waals surface area contributed by atoms with Gasteiger partial charge in [0.05, 0.1) is 0 Å². The van der Waals surface area contributed by atoms with Gasteiger partial charge in [0.25, 0.3) is 0 Å². The van der Waals surface area contributed by atoms with Gasteiger partial charge in [-0.05, 0) is 18.2 Å². The first kappa shape index (κ1) is 8.93. The molecule has 0 amide bonds. The molecule has 0 unspecified atom stereocenters. The lowest BCUT2D eigenvalue weighted by atomic mass is 10.2. The molecule has 2 aromatic rings. The molecule has 0 atom stereocenters. The Hall–Kier alpha value is -1.65. The van der Waals surface area contributed by atoms with Crippen molar-refractivity contribution in [3.05, 3.63) is 30.5 Å². The highest BCUT2D eigenvalue weighted by Crippen LogP contribution is 2.25. The van der Waals surface area contributed by atoms with Gasteiger partial charge in [-0.2, -0.15) is 0 Å². The molecule has 1 aromatic heterocycles. The van der Waals surface area contributed by atoms with E-state index in [1.54, 1.807) is 0 Å². The van der Waals surface area contributed by atoms with Gasteiger partial charge in [-0.25, -0.2) is 0 Å². The molecule has 1 N–H and O–H groups in total. The van der Waals surface area contributed by atoms with Crippen LogP contribution in [0.2, 0.25) is 0 Å². The van der Waals surface area contributed by atoms with Crippen LogP contribution in [-0.4, -0.2) is 11.3 Å². The maximum absolute atomic E-state index is 11.8. The summed E-state index contributed by atoms with van der Waals surface area (Å²) in [5.41, 5.74) is 0.722. The van der Waals surface area contributed by atoms with Gasteiger partial charge in [-0.15, -0.1) is 13.2 Å². The van der Waals surface area contributed by atoms with E-state index in [-0.39, 0.29) is 5.75 Å². The second-order valence-corrected chi connectivity index (χ2v) is 2.69. The molecule has 1 heterocycles. The molecule has 0 fully saturated rings. The van der Waals surface area contributed by atoms with Crippen LogP contribution in [-0.2, 0) is 0 Å². The molecule has 1 aromatic carbocycles. The third-order valence-corrected chi connectivity index (χ3v) is 1.68. The first-order chi connectivity index (χ1) is 6.54. The SMILES string of the molecule is FC(F)(F)Oc1ccc2[nH]c[c]c2c1. The van der Waals surface area contributed by atoms with E-state index in [0.717, 1.165) is 5.52 Å². The summed E-state index contributed by atoms with van der Waals surface area (Å²) in [5.74, 6) is -0.235. The molecule has 2 nitrogen and oxygen atoms in total. The maximum atomic E-state index is 11.8. The maximum Gasteiger partial charge on any atom is 0.573 e. The van der Waals surface area contributed by atoms with Crippen LogP contribution in [0.3, 0.4) is 0 Å². The van der Waals surface area contributed by atoms with Crippen molar-refractivity contribution < 1.29 is 17.9 Å². The predicted octanol–water partition coefficient (Wildman–Crippen LogP) is 2.87. The van der Waals surface area contributed by atoms with E-state index in [2.05, 4.69) is 15.8 Å². The summed E-state index contributed by atoms with van der Waals surface area (Å²) >= 11 is 0. The smallest absolute Gasteiger partial charge is 0.406 e. The molecule has 14 heavy (non-hydrogen) atoms. The lowest BCUT2D eigenvalue weighted by Crippen LogP contribution is -2.16. The van der Waals surface area contributed by atoms with E-state index in [0.29, 0.717) is 5.39 Å². The molecule has 1 radical (unpaired) electrons. The van der Waals surface area contributed by atoms with Gasteiger partial charge in [-0.3, -0.25) is 0 Å². The number of halogens is 3. The molecule has 0 aliphatic carbocycles. The number of nitrogens with one attached hydrogen (secondary N) is 1. The number of hydrogen-bond donors (Lipinski definition) is 1. The van der Waals surface area contributed by atoms with Crippen LogP contribution in [0.4, 0.5) is 13.2 Å². The van der Waals surface area contributed by atoms with Gasteiger partial charge in [0.1, 0.15) is 5.75 Å². The Morgan fingerprint density at radius 1 is 1.29 bits per heavy atom. The number of hydrogen-bond acceptors (Lipinski definition) is 1. The lowest BCUT2D eigenvalue weighted by molar-refractivity contribution is -0.274. The zero-order valence-electron chi connectivity index (χ0n) is 6.85. The first-order valence-electron chi connectivity index (χ1n) is 3.79. The van der Waals surface area contributed by atoms with Crippen molar-refractivity contribution in [1.29, 1.82) is 0 Å². The number of rotatable bonds is 1. The van der Waals surface area contributed by atoms with E-state index in [1.165, 1.54) is 24.4 Å². The molecule has 5 heteroatoms. The number of benzene rings is 1. The van der Waals surface area contributed by atoms with E-state index < -0.39 is 6.36 Å². The van der Waals surface area contributed by atoms with Crippen LogP contribution < -0.4 is 4.74 Å². The first-order valence-corrected chi connectivity index (χ1v) is 3.79. The third-order valence-electron chi connectivity index (χ3n) is 1.68. The average Bonchev–Trinajstić information content (AvgIpc) is 2.47. The van der Waals surface area contributed by atoms with Crippen molar-refractivity contribution in [2.24, 2.45) is 0 Å². The molecule has 73 valence electrons. The molecule has 0 bridgehead atoms. The van der Waals surface area contributed by atoms with Crippen molar-refractivity contribution >= 4 is 10.9 Å². The molecule has 2 rings (SSSR count). The summed E-state index contributed by atoms with van der Waals surface area (Å²) in [5, 5.41) is 0.562. The number of fused-ring (bicyclic) bond motifs is 1. The summed E-state index contributed by atoms with van der Waals surface area (Å²) in [4.78, 5) is 2.82. The molecular formula is C9H5F3NO. The number of aromatic amines is 1. The van der Waals surface area contributed by atoms with Crippen LogP contribution in [0.1, 0.15) is 0 Å². The minimum Gasteiger partial charge on any atom is -0.406 e. The number of alkyl halides is 3. The Morgan fingerprint density at radius 2 is 2.07 bits per heavy atom. The fourth-order valence-corrected chi connectivity index (χ4v) is 1.16.